The lowest BCUT2D eigenvalue weighted by Gasteiger charge is -2.17. The van der Waals surface area contributed by atoms with Gasteiger partial charge in [-0.25, -0.2) is 0 Å². The highest BCUT2D eigenvalue weighted by molar-refractivity contribution is 6.06. The molecule has 0 N–H and O–H groups in total. The van der Waals surface area contributed by atoms with Gasteiger partial charge >= 0.3 is 0 Å². The number of fused-ring (bicyclic) bond motifs is 1. The second-order valence-electron chi connectivity index (χ2n) is 7.49. The minimum atomic E-state index is -0.106. The maximum absolute atomic E-state index is 13.1. The molecule has 0 aliphatic rings. The summed E-state index contributed by atoms with van der Waals surface area (Å²) >= 11 is 0. The van der Waals surface area contributed by atoms with E-state index in [1.165, 1.54) is 0 Å². The first kappa shape index (κ1) is 19.6. The van der Waals surface area contributed by atoms with Gasteiger partial charge in [0.1, 0.15) is 0 Å². The molecule has 0 bridgehead atoms. The smallest absolute Gasteiger partial charge is 0.259 e. The number of pyridine rings is 3. The quantitative estimate of drug-likeness (QED) is 0.381. The van der Waals surface area contributed by atoms with Crippen LogP contribution in [0, 0.1) is 0 Å². The van der Waals surface area contributed by atoms with Gasteiger partial charge in [-0.05, 0) is 65.2 Å². The standard InChI is InChI=1S/C27H20N4O/c1-31(23-5-3-2-4-6-23)27(32)22-15-21(17-29-18-22)20-7-8-26-25(16-20)24(11-14-30-26)19-9-12-28-13-10-19/h2-18H,1H3. The number of para-hydroxylation sites is 1. The number of rotatable bonds is 4. The average Bonchev–Trinajstić information content (AvgIpc) is 2.88. The molecule has 5 aromatic rings. The molecule has 3 heterocycles. The van der Waals surface area contributed by atoms with Gasteiger partial charge in [0.2, 0.25) is 0 Å². The molecule has 1 amide bonds. The highest BCUT2D eigenvalue weighted by Gasteiger charge is 2.15. The molecule has 0 spiro atoms. The summed E-state index contributed by atoms with van der Waals surface area (Å²) in [5, 5.41) is 1.04. The van der Waals surface area contributed by atoms with E-state index in [9.17, 15) is 4.79 Å². The van der Waals surface area contributed by atoms with Crippen LogP contribution < -0.4 is 4.90 Å². The number of benzene rings is 2. The molecule has 2 aromatic carbocycles. The van der Waals surface area contributed by atoms with Gasteiger partial charge in [-0.1, -0.05) is 24.3 Å². The maximum Gasteiger partial charge on any atom is 0.259 e. The summed E-state index contributed by atoms with van der Waals surface area (Å²) in [5.41, 5.74) is 6.30. The van der Waals surface area contributed by atoms with E-state index >= 15 is 0 Å². The van der Waals surface area contributed by atoms with Gasteiger partial charge in [0, 0.05) is 54.7 Å². The third kappa shape index (κ3) is 3.72. The zero-order chi connectivity index (χ0) is 21.9. The Morgan fingerprint density at radius 1 is 0.750 bits per heavy atom. The summed E-state index contributed by atoms with van der Waals surface area (Å²) in [6, 6.07) is 23.6. The predicted molar refractivity (Wildman–Crippen MR) is 127 cm³/mol. The fourth-order valence-corrected chi connectivity index (χ4v) is 3.79. The number of hydrogen-bond donors (Lipinski definition) is 0. The Hall–Kier alpha value is -4.38. The zero-order valence-electron chi connectivity index (χ0n) is 17.5. The minimum absolute atomic E-state index is 0.106. The molecule has 5 heteroatoms. The number of amides is 1. The normalized spacial score (nSPS) is 10.8. The van der Waals surface area contributed by atoms with Gasteiger partial charge in [0.15, 0.2) is 0 Å². The lowest BCUT2D eigenvalue weighted by Crippen LogP contribution is -2.26. The van der Waals surface area contributed by atoms with Crippen molar-refractivity contribution in [3.8, 4) is 22.3 Å². The van der Waals surface area contributed by atoms with Crippen molar-refractivity contribution in [1.82, 2.24) is 15.0 Å². The molecule has 0 atom stereocenters. The summed E-state index contributed by atoms with van der Waals surface area (Å²) in [7, 11) is 1.77. The average molecular weight is 416 g/mol. The number of anilines is 1. The molecule has 154 valence electrons. The fourth-order valence-electron chi connectivity index (χ4n) is 3.79. The van der Waals surface area contributed by atoms with Crippen LogP contribution in [-0.4, -0.2) is 27.9 Å². The highest BCUT2D eigenvalue weighted by atomic mass is 16.2. The third-order valence-electron chi connectivity index (χ3n) is 5.50. The van der Waals surface area contributed by atoms with Crippen LogP contribution in [-0.2, 0) is 0 Å². The third-order valence-corrected chi connectivity index (χ3v) is 5.50. The van der Waals surface area contributed by atoms with E-state index in [0.717, 1.165) is 38.8 Å². The van der Waals surface area contributed by atoms with Crippen molar-refractivity contribution in [2.24, 2.45) is 0 Å². The molecule has 3 aromatic heterocycles. The van der Waals surface area contributed by atoms with Crippen molar-refractivity contribution in [3.05, 3.63) is 109 Å². The fraction of sp³-hybridized carbons (Fsp3) is 0.0370. The molecule has 0 saturated carbocycles. The second kappa shape index (κ2) is 8.40. The van der Waals surface area contributed by atoms with Crippen LogP contribution in [0.2, 0.25) is 0 Å². The zero-order valence-corrected chi connectivity index (χ0v) is 17.5. The van der Waals surface area contributed by atoms with Crippen LogP contribution in [0.5, 0.6) is 0 Å². The number of carbonyl (C=O) groups is 1. The van der Waals surface area contributed by atoms with E-state index in [1.807, 2.05) is 72.9 Å². The number of carbonyl (C=O) groups excluding carboxylic acids is 1. The first-order valence-corrected chi connectivity index (χ1v) is 10.3. The number of aromatic nitrogens is 3. The monoisotopic (exact) mass is 416 g/mol. The molecule has 5 nitrogen and oxygen atoms in total. The van der Waals surface area contributed by atoms with Crippen LogP contribution in [0.15, 0.2) is 104 Å². The molecule has 0 radical (unpaired) electrons. The molecule has 0 fully saturated rings. The molecular weight excluding hydrogens is 396 g/mol. The van der Waals surface area contributed by atoms with Gasteiger partial charge in [-0.2, -0.15) is 0 Å². The van der Waals surface area contributed by atoms with Crippen molar-refractivity contribution in [2.45, 2.75) is 0 Å². The predicted octanol–water partition coefficient (Wildman–Crippen LogP) is 5.64. The van der Waals surface area contributed by atoms with Crippen molar-refractivity contribution < 1.29 is 4.79 Å². The Morgan fingerprint density at radius 3 is 2.38 bits per heavy atom. The Labute approximate surface area is 186 Å². The molecule has 0 unspecified atom stereocenters. The molecule has 5 rings (SSSR count). The number of nitrogens with zero attached hydrogens (tertiary/aromatic N) is 4. The molecule has 0 aliphatic carbocycles. The van der Waals surface area contributed by atoms with Gasteiger partial charge in [0.25, 0.3) is 5.91 Å². The topological polar surface area (TPSA) is 59.0 Å². The molecular formula is C27H20N4O. The number of hydrogen-bond acceptors (Lipinski definition) is 4. The van der Waals surface area contributed by atoms with E-state index in [2.05, 4.69) is 21.0 Å². The van der Waals surface area contributed by atoms with Crippen molar-refractivity contribution >= 4 is 22.5 Å². The Kier molecular flexibility index (Phi) is 5.14. The molecule has 0 aliphatic heterocycles. The van der Waals surface area contributed by atoms with Crippen LogP contribution in [0.4, 0.5) is 5.69 Å². The minimum Gasteiger partial charge on any atom is -0.311 e. The van der Waals surface area contributed by atoms with E-state index in [-0.39, 0.29) is 5.91 Å². The van der Waals surface area contributed by atoms with E-state index in [0.29, 0.717) is 5.56 Å². The highest BCUT2D eigenvalue weighted by Crippen LogP contribution is 2.31. The Balaban J connectivity index is 1.54. The van der Waals surface area contributed by atoms with Crippen molar-refractivity contribution in [3.63, 3.8) is 0 Å². The Morgan fingerprint density at radius 2 is 1.56 bits per heavy atom. The van der Waals surface area contributed by atoms with Gasteiger partial charge < -0.3 is 4.90 Å². The van der Waals surface area contributed by atoms with E-state index < -0.39 is 0 Å². The van der Waals surface area contributed by atoms with Gasteiger partial charge in [0.05, 0.1) is 11.1 Å². The lowest BCUT2D eigenvalue weighted by atomic mass is 9.98. The first-order valence-electron chi connectivity index (χ1n) is 10.3. The summed E-state index contributed by atoms with van der Waals surface area (Å²) in [5.74, 6) is -0.106. The lowest BCUT2D eigenvalue weighted by molar-refractivity contribution is 0.0992. The van der Waals surface area contributed by atoms with Crippen molar-refractivity contribution in [1.29, 1.82) is 0 Å². The van der Waals surface area contributed by atoms with E-state index in [1.54, 1.807) is 36.7 Å². The molecule has 32 heavy (non-hydrogen) atoms. The van der Waals surface area contributed by atoms with Crippen LogP contribution >= 0.6 is 0 Å². The summed E-state index contributed by atoms with van der Waals surface area (Å²) in [4.78, 5) is 27.7. The van der Waals surface area contributed by atoms with Gasteiger partial charge in [-0.15, -0.1) is 0 Å². The van der Waals surface area contributed by atoms with Crippen LogP contribution in [0.25, 0.3) is 33.2 Å². The summed E-state index contributed by atoms with van der Waals surface area (Å²) in [6.07, 6.45) is 8.78. The van der Waals surface area contributed by atoms with Crippen LogP contribution in [0.3, 0.4) is 0 Å². The van der Waals surface area contributed by atoms with Crippen molar-refractivity contribution in [2.75, 3.05) is 11.9 Å². The van der Waals surface area contributed by atoms with Gasteiger partial charge in [-0.3, -0.25) is 19.7 Å². The largest absolute Gasteiger partial charge is 0.311 e. The Bertz CT molecular complexity index is 1400. The van der Waals surface area contributed by atoms with Crippen LogP contribution in [0.1, 0.15) is 10.4 Å². The molecule has 0 saturated heterocycles. The van der Waals surface area contributed by atoms with E-state index in [4.69, 9.17) is 0 Å². The SMILES string of the molecule is CN(C(=O)c1cncc(-c2ccc3nccc(-c4ccncc4)c3c2)c1)c1ccccc1. The second-order valence-corrected chi connectivity index (χ2v) is 7.49. The first-order chi connectivity index (χ1) is 15.7. The summed E-state index contributed by atoms with van der Waals surface area (Å²) in [6.45, 7) is 0. The maximum atomic E-state index is 13.1. The summed E-state index contributed by atoms with van der Waals surface area (Å²) < 4.78 is 0.